The van der Waals surface area contributed by atoms with Crippen molar-refractivity contribution >= 4 is 5.91 Å². The van der Waals surface area contributed by atoms with Gasteiger partial charge in [0.25, 0.3) is 0 Å². The van der Waals surface area contributed by atoms with Crippen molar-refractivity contribution in [3.63, 3.8) is 0 Å². The minimum atomic E-state index is -0.0910. The molecule has 16 heavy (non-hydrogen) atoms. The molecule has 1 aliphatic carbocycles. The zero-order chi connectivity index (χ0) is 11.4. The first-order valence-corrected chi connectivity index (χ1v) is 6.42. The van der Waals surface area contributed by atoms with Gasteiger partial charge < -0.3 is 15.7 Å². The van der Waals surface area contributed by atoms with Gasteiger partial charge in [-0.3, -0.25) is 4.79 Å². The summed E-state index contributed by atoms with van der Waals surface area (Å²) in [6.45, 7) is 1.85. The minimum Gasteiger partial charge on any atom is -0.393 e. The van der Waals surface area contributed by atoms with Crippen LogP contribution in [-0.4, -0.2) is 36.2 Å². The molecule has 3 N–H and O–H groups in total. The van der Waals surface area contributed by atoms with Gasteiger partial charge in [0, 0.05) is 19.0 Å². The lowest BCUT2D eigenvalue weighted by atomic mass is 9.87. The van der Waals surface area contributed by atoms with Crippen molar-refractivity contribution in [1.29, 1.82) is 0 Å². The summed E-state index contributed by atoms with van der Waals surface area (Å²) in [7, 11) is 0. The van der Waals surface area contributed by atoms with Crippen molar-refractivity contribution in [2.24, 2.45) is 5.92 Å². The standard InChI is InChI=1S/C12H22N2O2/c15-11-3-1-2-9(6-11)7-13-8-10-4-5-12(16)14-10/h9-11,13,15H,1-8H2,(H,14,16). The molecule has 4 nitrogen and oxygen atoms in total. The number of carbonyl (C=O) groups excluding carboxylic acids is 1. The van der Waals surface area contributed by atoms with Crippen molar-refractivity contribution < 1.29 is 9.90 Å². The van der Waals surface area contributed by atoms with Gasteiger partial charge in [-0.25, -0.2) is 0 Å². The molecule has 2 rings (SSSR count). The quantitative estimate of drug-likeness (QED) is 0.650. The first kappa shape index (κ1) is 11.9. The van der Waals surface area contributed by atoms with Crippen molar-refractivity contribution in [3.8, 4) is 0 Å². The molecular formula is C12H22N2O2. The van der Waals surface area contributed by atoms with Gasteiger partial charge in [-0.1, -0.05) is 6.42 Å². The van der Waals surface area contributed by atoms with Gasteiger partial charge in [0.2, 0.25) is 5.91 Å². The third-order valence-electron chi connectivity index (χ3n) is 3.66. The van der Waals surface area contributed by atoms with E-state index < -0.39 is 0 Å². The van der Waals surface area contributed by atoms with E-state index in [9.17, 15) is 9.90 Å². The van der Waals surface area contributed by atoms with Crippen LogP contribution in [0.25, 0.3) is 0 Å². The van der Waals surface area contributed by atoms with E-state index in [0.717, 1.165) is 38.8 Å². The van der Waals surface area contributed by atoms with Crippen LogP contribution in [0.5, 0.6) is 0 Å². The SMILES string of the molecule is O=C1CCC(CNCC2CCCC(O)C2)N1. The highest BCUT2D eigenvalue weighted by Gasteiger charge is 2.22. The molecule has 1 aliphatic heterocycles. The highest BCUT2D eigenvalue weighted by Crippen LogP contribution is 2.23. The third kappa shape index (κ3) is 3.46. The zero-order valence-electron chi connectivity index (χ0n) is 9.74. The number of carbonyl (C=O) groups is 1. The summed E-state index contributed by atoms with van der Waals surface area (Å²) in [6, 6.07) is 0.320. The third-order valence-corrected chi connectivity index (χ3v) is 3.66. The Morgan fingerprint density at radius 3 is 2.88 bits per heavy atom. The maximum absolute atomic E-state index is 11.0. The summed E-state index contributed by atoms with van der Waals surface area (Å²) in [6.07, 6.45) is 5.81. The Morgan fingerprint density at radius 1 is 1.31 bits per heavy atom. The van der Waals surface area contributed by atoms with Gasteiger partial charge in [-0.15, -0.1) is 0 Å². The lowest BCUT2D eigenvalue weighted by Crippen LogP contribution is -2.38. The van der Waals surface area contributed by atoms with E-state index in [-0.39, 0.29) is 12.0 Å². The van der Waals surface area contributed by atoms with E-state index >= 15 is 0 Å². The molecule has 0 aromatic carbocycles. The lowest BCUT2D eigenvalue weighted by molar-refractivity contribution is -0.119. The van der Waals surface area contributed by atoms with Crippen LogP contribution in [0.2, 0.25) is 0 Å². The van der Waals surface area contributed by atoms with Crippen molar-refractivity contribution in [2.75, 3.05) is 13.1 Å². The molecule has 1 heterocycles. The summed E-state index contributed by atoms with van der Waals surface area (Å²) < 4.78 is 0. The van der Waals surface area contributed by atoms with E-state index in [4.69, 9.17) is 0 Å². The van der Waals surface area contributed by atoms with Crippen LogP contribution in [-0.2, 0) is 4.79 Å². The van der Waals surface area contributed by atoms with Crippen LogP contribution < -0.4 is 10.6 Å². The fourth-order valence-electron chi connectivity index (χ4n) is 2.74. The molecule has 0 spiro atoms. The molecule has 1 saturated heterocycles. The van der Waals surface area contributed by atoms with Crippen LogP contribution in [0.1, 0.15) is 38.5 Å². The number of nitrogens with one attached hydrogen (secondary N) is 2. The number of aliphatic hydroxyl groups is 1. The van der Waals surface area contributed by atoms with Gasteiger partial charge in [0.1, 0.15) is 0 Å². The lowest BCUT2D eigenvalue weighted by Gasteiger charge is -2.26. The van der Waals surface area contributed by atoms with Crippen LogP contribution in [0.15, 0.2) is 0 Å². The average Bonchev–Trinajstić information content (AvgIpc) is 2.64. The molecule has 4 heteroatoms. The van der Waals surface area contributed by atoms with E-state index in [1.807, 2.05) is 0 Å². The molecule has 2 fully saturated rings. The van der Waals surface area contributed by atoms with E-state index in [1.54, 1.807) is 0 Å². The second kappa shape index (κ2) is 5.64. The van der Waals surface area contributed by atoms with Gasteiger partial charge in [0.05, 0.1) is 6.10 Å². The van der Waals surface area contributed by atoms with Crippen LogP contribution >= 0.6 is 0 Å². The number of aliphatic hydroxyl groups excluding tert-OH is 1. The Kier molecular flexibility index (Phi) is 4.18. The van der Waals surface area contributed by atoms with Gasteiger partial charge >= 0.3 is 0 Å². The largest absolute Gasteiger partial charge is 0.393 e. The summed E-state index contributed by atoms with van der Waals surface area (Å²) >= 11 is 0. The molecule has 92 valence electrons. The predicted molar refractivity (Wildman–Crippen MR) is 62.0 cm³/mol. The molecule has 1 saturated carbocycles. The molecule has 0 aromatic heterocycles. The molecule has 0 radical (unpaired) electrons. The Hall–Kier alpha value is -0.610. The second-order valence-electron chi connectivity index (χ2n) is 5.15. The predicted octanol–water partition coefficient (Wildman–Crippen LogP) is 0.406. The first-order valence-electron chi connectivity index (χ1n) is 6.42. The summed E-state index contributed by atoms with van der Waals surface area (Å²) in [5.41, 5.74) is 0. The van der Waals surface area contributed by atoms with E-state index in [2.05, 4.69) is 10.6 Å². The molecule has 2 aliphatic rings. The van der Waals surface area contributed by atoms with Gasteiger partial charge in [-0.2, -0.15) is 0 Å². The summed E-state index contributed by atoms with van der Waals surface area (Å²) in [4.78, 5) is 11.0. The normalized spacial score (nSPS) is 35.1. The van der Waals surface area contributed by atoms with Crippen LogP contribution in [0.3, 0.4) is 0 Å². The fourth-order valence-corrected chi connectivity index (χ4v) is 2.74. The average molecular weight is 226 g/mol. The van der Waals surface area contributed by atoms with Crippen molar-refractivity contribution in [3.05, 3.63) is 0 Å². The number of rotatable bonds is 4. The molecule has 3 unspecified atom stereocenters. The maximum Gasteiger partial charge on any atom is 0.220 e. The monoisotopic (exact) mass is 226 g/mol. The summed E-state index contributed by atoms with van der Waals surface area (Å²) in [5, 5.41) is 15.9. The van der Waals surface area contributed by atoms with Gasteiger partial charge in [-0.05, 0) is 38.1 Å². The fraction of sp³-hybridized carbons (Fsp3) is 0.917. The number of amides is 1. The highest BCUT2D eigenvalue weighted by molar-refractivity contribution is 5.78. The summed E-state index contributed by atoms with van der Waals surface area (Å²) in [5.74, 6) is 0.792. The smallest absolute Gasteiger partial charge is 0.220 e. The molecule has 0 aromatic rings. The Morgan fingerprint density at radius 2 is 2.19 bits per heavy atom. The second-order valence-corrected chi connectivity index (χ2v) is 5.15. The first-order chi connectivity index (χ1) is 7.74. The Labute approximate surface area is 96.8 Å². The minimum absolute atomic E-state index is 0.0910. The topological polar surface area (TPSA) is 61.4 Å². The zero-order valence-corrected chi connectivity index (χ0v) is 9.74. The van der Waals surface area contributed by atoms with E-state index in [1.165, 1.54) is 6.42 Å². The molecule has 1 amide bonds. The maximum atomic E-state index is 11.0. The Bertz CT molecular complexity index is 245. The molecule has 3 atom stereocenters. The van der Waals surface area contributed by atoms with Crippen LogP contribution in [0.4, 0.5) is 0 Å². The molecule has 0 bridgehead atoms. The van der Waals surface area contributed by atoms with E-state index in [0.29, 0.717) is 18.4 Å². The molecular weight excluding hydrogens is 204 g/mol. The van der Waals surface area contributed by atoms with Crippen molar-refractivity contribution in [2.45, 2.75) is 50.7 Å². The number of hydrogen-bond acceptors (Lipinski definition) is 3. The number of hydrogen-bond donors (Lipinski definition) is 3. The van der Waals surface area contributed by atoms with Crippen LogP contribution in [0, 0.1) is 5.92 Å². The Balaban J connectivity index is 1.58. The highest BCUT2D eigenvalue weighted by atomic mass is 16.3. The van der Waals surface area contributed by atoms with Crippen molar-refractivity contribution in [1.82, 2.24) is 10.6 Å². The van der Waals surface area contributed by atoms with Gasteiger partial charge in [0.15, 0.2) is 0 Å².